The van der Waals surface area contributed by atoms with Crippen molar-refractivity contribution in [2.45, 2.75) is 46.1 Å². The van der Waals surface area contributed by atoms with Gasteiger partial charge in [-0.2, -0.15) is 0 Å². The third-order valence-corrected chi connectivity index (χ3v) is 2.55. The maximum absolute atomic E-state index is 11.7. The van der Waals surface area contributed by atoms with Crippen molar-refractivity contribution >= 4 is 12.0 Å². The van der Waals surface area contributed by atoms with E-state index >= 15 is 0 Å². The summed E-state index contributed by atoms with van der Waals surface area (Å²) in [4.78, 5) is 23.7. The topological polar surface area (TPSA) is 69.6 Å². The van der Waals surface area contributed by atoms with Crippen LogP contribution in [0.25, 0.3) is 0 Å². The van der Waals surface area contributed by atoms with Gasteiger partial charge < -0.3 is 15.3 Å². The van der Waals surface area contributed by atoms with Crippen LogP contribution in [0.1, 0.15) is 40.0 Å². The number of nitrogens with one attached hydrogen (secondary N) is 1. The van der Waals surface area contributed by atoms with E-state index < -0.39 is 5.97 Å². The van der Waals surface area contributed by atoms with Crippen LogP contribution in [0.2, 0.25) is 0 Å². The van der Waals surface area contributed by atoms with Gasteiger partial charge in [-0.1, -0.05) is 13.8 Å². The highest BCUT2D eigenvalue weighted by Crippen LogP contribution is 2.02. The third-order valence-electron chi connectivity index (χ3n) is 2.55. The molecule has 2 N–H and O–H groups in total. The van der Waals surface area contributed by atoms with Crippen molar-refractivity contribution in [3.05, 3.63) is 0 Å². The first-order valence-corrected chi connectivity index (χ1v) is 6.06. The Labute approximate surface area is 103 Å². The van der Waals surface area contributed by atoms with Gasteiger partial charge in [-0.25, -0.2) is 4.79 Å². The zero-order chi connectivity index (χ0) is 13.4. The molecule has 0 aromatic rings. The molecule has 0 radical (unpaired) electrons. The lowest BCUT2D eigenvalue weighted by Crippen LogP contribution is -2.42. The highest BCUT2D eigenvalue weighted by atomic mass is 16.4. The molecule has 1 unspecified atom stereocenters. The Balaban J connectivity index is 3.86. The summed E-state index contributed by atoms with van der Waals surface area (Å²) in [5, 5.41) is 11.3. The standard InChI is InChI=1S/C12H24N2O3/c1-9(2)7-8-14(4)12(17)13-10(3)5-6-11(15)16/h9-10H,5-8H2,1-4H3,(H,13,17)(H,15,16). The Bertz CT molecular complexity index is 254. The lowest BCUT2D eigenvalue weighted by Gasteiger charge is -2.21. The van der Waals surface area contributed by atoms with E-state index in [-0.39, 0.29) is 18.5 Å². The van der Waals surface area contributed by atoms with Crippen molar-refractivity contribution in [3.8, 4) is 0 Å². The zero-order valence-corrected chi connectivity index (χ0v) is 11.2. The lowest BCUT2D eigenvalue weighted by atomic mass is 10.1. The Morgan fingerprint density at radius 3 is 2.29 bits per heavy atom. The van der Waals surface area contributed by atoms with Crippen molar-refractivity contribution in [3.63, 3.8) is 0 Å². The van der Waals surface area contributed by atoms with Gasteiger partial charge in [0.2, 0.25) is 0 Å². The molecule has 100 valence electrons. The number of carboxylic acids is 1. The molecular weight excluding hydrogens is 220 g/mol. The highest BCUT2D eigenvalue weighted by Gasteiger charge is 2.12. The number of urea groups is 1. The van der Waals surface area contributed by atoms with Crippen molar-refractivity contribution < 1.29 is 14.7 Å². The smallest absolute Gasteiger partial charge is 0.317 e. The van der Waals surface area contributed by atoms with Crippen LogP contribution in [-0.4, -0.2) is 41.6 Å². The lowest BCUT2D eigenvalue weighted by molar-refractivity contribution is -0.137. The van der Waals surface area contributed by atoms with E-state index in [1.54, 1.807) is 11.9 Å². The molecule has 5 heteroatoms. The van der Waals surface area contributed by atoms with Gasteiger partial charge in [0.25, 0.3) is 0 Å². The molecule has 0 aliphatic carbocycles. The first-order chi connectivity index (χ1) is 7.82. The molecular formula is C12H24N2O3. The molecule has 17 heavy (non-hydrogen) atoms. The highest BCUT2D eigenvalue weighted by molar-refractivity contribution is 5.74. The van der Waals surface area contributed by atoms with Crippen LogP contribution in [0, 0.1) is 5.92 Å². The summed E-state index contributed by atoms with van der Waals surface area (Å²) in [6.45, 7) is 6.76. The molecule has 1 atom stereocenters. The maximum atomic E-state index is 11.7. The van der Waals surface area contributed by atoms with Crippen LogP contribution in [0.5, 0.6) is 0 Å². The molecule has 2 amide bonds. The molecule has 0 saturated carbocycles. The van der Waals surface area contributed by atoms with E-state index in [4.69, 9.17) is 5.11 Å². The number of amides is 2. The number of carbonyl (C=O) groups is 2. The number of carboxylic acid groups (broad SMARTS) is 1. The maximum Gasteiger partial charge on any atom is 0.317 e. The van der Waals surface area contributed by atoms with E-state index in [1.165, 1.54) is 0 Å². The third kappa shape index (κ3) is 8.54. The number of rotatable bonds is 7. The molecule has 0 aromatic heterocycles. The van der Waals surface area contributed by atoms with E-state index in [0.717, 1.165) is 13.0 Å². The SMILES string of the molecule is CC(C)CCN(C)C(=O)NC(C)CCC(=O)O. The van der Waals surface area contributed by atoms with E-state index in [9.17, 15) is 9.59 Å². The summed E-state index contributed by atoms with van der Waals surface area (Å²) in [5.74, 6) is -0.269. The molecule has 0 rings (SSSR count). The predicted octanol–water partition coefficient (Wildman–Crippen LogP) is 1.93. The Morgan fingerprint density at radius 1 is 1.24 bits per heavy atom. The van der Waals surface area contributed by atoms with Crippen LogP contribution in [0.15, 0.2) is 0 Å². The minimum absolute atomic E-state index is 0.0805. The van der Waals surface area contributed by atoms with E-state index in [2.05, 4.69) is 19.2 Å². The Kier molecular flexibility index (Phi) is 7.34. The molecule has 5 nitrogen and oxygen atoms in total. The second kappa shape index (κ2) is 7.92. The van der Waals surface area contributed by atoms with Crippen molar-refractivity contribution in [2.24, 2.45) is 5.92 Å². The molecule has 0 saturated heterocycles. The second-order valence-electron chi connectivity index (χ2n) is 4.89. The first kappa shape index (κ1) is 15.7. The van der Waals surface area contributed by atoms with Gasteiger partial charge in [-0.05, 0) is 25.7 Å². The molecule has 0 spiro atoms. The van der Waals surface area contributed by atoms with Crippen molar-refractivity contribution in [2.75, 3.05) is 13.6 Å². The summed E-state index contributed by atoms with van der Waals surface area (Å²) in [6, 6.07) is -0.247. The fourth-order valence-electron chi connectivity index (χ4n) is 1.29. The summed E-state index contributed by atoms with van der Waals surface area (Å²) < 4.78 is 0. The first-order valence-electron chi connectivity index (χ1n) is 6.06. The number of hydrogen-bond acceptors (Lipinski definition) is 2. The summed E-state index contributed by atoms with van der Waals surface area (Å²) in [6.07, 6.45) is 1.50. The number of nitrogens with zero attached hydrogens (tertiary/aromatic N) is 1. The molecule has 0 heterocycles. The fraction of sp³-hybridized carbons (Fsp3) is 0.833. The number of hydrogen-bond donors (Lipinski definition) is 2. The van der Waals surface area contributed by atoms with Gasteiger partial charge in [0.1, 0.15) is 0 Å². The van der Waals surface area contributed by atoms with Crippen LogP contribution in [-0.2, 0) is 4.79 Å². The van der Waals surface area contributed by atoms with Gasteiger partial charge in [0, 0.05) is 26.1 Å². The van der Waals surface area contributed by atoms with E-state index in [0.29, 0.717) is 12.3 Å². The van der Waals surface area contributed by atoms with Gasteiger partial charge in [0.05, 0.1) is 0 Å². The normalized spacial score (nSPS) is 12.3. The van der Waals surface area contributed by atoms with Crippen LogP contribution in [0.3, 0.4) is 0 Å². The number of carbonyl (C=O) groups excluding carboxylic acids is 1. The fourth-order valence-corrected chi connectivity index (χ4v) is 1.29. The Morgan fingerprint density at radius 2 is 1.82 bits per heavy atom. The molecule has 0 aliphatic rings. The van der Waals surface area contributed by atoms with Crippen LogP contribution in [0.4, 0.5) is 4.79 Å². The minimum atomic E-state index is -0.834. The number of aliphatic carboxylic acids is 1. The summed E-state index contributed by atoms with van der Waals surface area (Å²) in [7, 11) is 1.75. The predicted molar refractivity (Wildman–Crippen MR) is 66.9 cm³/mol. The molecule has 0 fully saturated rings. The van der Waals surface area contributed by atoms with E-state index in [1.807, 2.05) is 6.92 Å². The quantitative estimate of drug-likeness (QED) is 0.719. The van der Waals surface area contributed by atoms with Gasteiger partial charge in [-0.15, -0.1) is 0 Å². The monoisotopic (exact) mass is 244 g/mol. The Hall–Kier alpha value is -1.26. The van der Waals surface area contributed by atoms with Crippen molar-refractivity contribution in [1.29, 1.82) is 0 Å². The summed E-state index contributed by atoms with van der Waals surface area (Å²) in [5.41, 5.74) is 0. The molecule has 0 bridgehead atoms. The molecule has 0 aliphatic heterocycles. The van der Waals surface area contributed by atoms with Crippen LogP contribution >= 0.6 is 0 Å². The van der Waals surface area contributed by atoms with Crippen LogP contribution < -0.4 is 5.32 Å². The second-order valence-corrected chi connectivity index (χ2v) is 4.89. The molecule has 0 aromatic carbocycles. The summed E-state index contributed by atoms with van der Waals surface area (Å²) >= 11 is 0. The average Bonchev–Trinajstić information content (AvgIpc) is 2.22. The minimum Gasteiger partial charge on any atom is -0.481 e. The van der Waals surface area contributed by atoms with Gasteiger partial charge >= 0.3 is 12.0 Å². The van der Waals surface area contributed by atoms with Crippen molar-refractivity contribution in [1.82, 2.24) is 10.2 Å². The van der Waals surface area contributed by atoms with Gasteiger partial charge in [-0.3, -0.25) is 4.79 Å². The van der Waals surface area contributed by atoms with Gasteiger partial charge in [0.15, 0.2) is 0 Å². The largest absolute Gasteiger partial charge is 0.481 e. The zero-order valence-electron chi connectivity index (χ0n) is 11.2. The average molecular weight is 244 g/mol.